The smallest absolute Gasteiger partial charge is 0.161 e. The normalized spacial score (nSPS) is 10.3. The molecule has 1 aromatic carbocycles. The first-order chi connectivity index (χ1) is 9.15. The average Bonchev–Trinajstić information content (AvgIpc) is 2.42. The van der Waals surface area contributed by atoms with Crippen LogP contribution in [-0.2, 0) is 0 Å². The Morgan fingerprint density at radius 3 is 2.89 bits per heavy atom. The molecule has 2 N–H and O–H groups in total. The number of halogens is 1. The number of hydrogen-bond donors (Lipinski definition) is 2. The summed E-state index contributed by atoms with van der Waals surface area (Å²) in [5, 5.41) is 12.8. The van der Waals surface area contributed by atoms with Gasteiger partial charge in [0.15, 0.2) is 17.3 Å². The van der Waals surface area contributed by atoms with Crippen molar-refractivity contribution in [2.75, 3.05) is 19.0 Å². The summed E-state index contributed by atoms with van der Waals surface area (Å²) in [7, 11) is 1.51. The number of methoxy groups -OCH3 is 1. The molecule has 6 heteroatoms. The van der Waals surface area contributed by atoms with Crippen LogP contribution in [-0.4, -0.2) is 28.7 Å². The lowest BCUT2D eigenvalue weighted by atomic mass is 10.2. The first kappa shape index (κ1) is 13.9. The molecule has 1 aromatic heterocycles. The Hall–Kier alpha value is -1.57. The van der Waals surface area contributed by atoms with Gasteiger partial charge in [-0.15, -0.1) is 0 Å². The number of hydrogen-bond acceptors (Lipinski definition) is 5. The standard InChI is InChI=1S/C13H14IN3O2/c1-3-15-13-9(14)7-16-12(17-13)8-4-5-10(18)11(6-8)19-2/h4-7,18H,3H2,1-2H3,(H,15,16,17). The van der Waals surface area contributed by atoms with Crippen LogP contribution in [0, 0.1) is 3.57 Å². The Labute approximate surface area is 125 Å². The number of nitrogens with one attached hydrogen (secondary N) is 1. The van der Waals surface area contributed by atoms with Crippen LogP contribution in [0.4, 0.5) is 5.82 Å². The third kappa shape index (κ3) is 3.06. The van der Waals surface area contributed by atoms with Crippen molar-refractivity contribution < 1.29 is 9.84 Å². The van der Waals surface area contributed by atoms with Crippen molar-refractivity contribution in [3.63, 3.8) is 0 Å². The molecule has 5 nitrogen and oxygen atoms in total. The lowest BCUT2D eigenvalue weighted by Crippen LogP contribution is -2.03. The maximum atomic E-state index is 9.59. The topological polar surface area (TPSA) is 67.3 Å². The summed E-state index contributed by atoms with van der Waals surface area (Å²) in [6.45, 7) is 2.81. The highest BCUT2D eigenvalue weighted by molar-refractivity contribution is 14.1. The van der Waals surface area contributed by atoms with E-state index in [-0.39, 0.29) is 5.75 Å². The van der Waals surface area contributed by atoms with Gasteiger partial charge in [0.1, 0.15) is 5.82 Å². The quantitative estimate of drug-likeness (QED) is 0.810. The number of benzene rings is 1. The molecule has 100 valence electrons. The molecular weight excluding hydrogens is 357 g/mol. The zero-order valence-electron chi connectivity index (χ0n) is 10.6. The van der Waals surface area contributed by atoms with E-state index in [0.29, 0.717) is 11.6 Å². The van der Waals surface area contributed by atoms with Crippen molar-refractivity contribution >= 4 is 28.4 Å². The Kier molecular flexibility index (Phi) is 4.41. The molecule has 0 bridgehead atoms. The molecule has 0 radical (unpaired) electrons. The van der Waals surface area contributed by atoms with E-state index in [1.54, 1.807) is 24.4 Å². The molecule has 0 spiro atoms. The highest BCUT2D eigenvalue weighted by Gasteiger charge is 2.09. The molecule has 0 amide bonds. The van der Waals surface area contributed by atoms with E-state index in [1.165, 1.54) is 7.11 Å². The minimum atomic E-state index is 0.101. The first-order valence-electron chi connectivity index (χ1n) is 5.79. The number of phenols is 1. The Morgan fingerprint density at radius 2 is 2.21 bits per heavy atom. The zero-order valence-corrected chi connectivity index (χ0v) is 12.8. The number of rotatable bonds is 4. The van der Waals surface area contributed by atoms with Crippen LogP contribution in [0.2, 0.25) is 0 Å². The number of ether oxygens (including phenoxy) is 1. The molecule has 0 aliphatic carbocycles. The fourth-order valence-corrected chi connectivity index (χ4v) is 2.06. The molecule has 0 saturated heterocycles. The second-order valence-electron chi connectivity index (χ2n) is 3.81. The second kappa shape index (κ2) is 6.05. The van der Waals surface area contributed by atoms with E-state index in [9.17, 15) is 5.11 Å². The lowest BCUT2D eigenvalue weighted by Gasteiger charge is -2.09. The van der Waals surface area contributed by atoms with Crippen LogP contribution in [0.25, 0.3) is 11.4 Å². The van der Waals surface area contributed by atoms with Crippen LogP contribution in [0.1, 0.15) is 6.92 Å². The Bertz CT molecular complexity index is 590. The average molecular weight is 371 g/mol. The number of phenolic OH excluding ortho intramolecular Hbond substituents is 1. The predicted octanol–water partition coefficient (Wildman–Crippen LogP) is 2.89. The van der Waals surface area contributed by atoms with Gasteiger partial charge in [-0.25, -0.2) is 9.97 Å². The van der Waals surface area contributed by atoms with Gasteiger partial charge in [0.25, 0.3) is 0 Å². The third-order valence-corrected chi connectivity index (χ3v) is 3.32. The van der Waals surface area contributed by atoms with Crippen molar-refractivity contribution in [2.24, 2.45) is 0 Å². The summed E-state index contributed by atoms with van der Waals surface area (Å²) in [5.74, 6) is 1.91. The molecule has 0 aliphatic heterocycles. The van der Waals surface area contributed by atoms with E-state index < -0.39 is 0 Å². The van der Waals surface area contributed by atoms with Gasteiger partial charge in [-0.2, -0.15) is 0 Å². The molecule has 1 heterocycles. The van der Waals surface area contributed by atoms with Crippen molar-refractivity contribution in [1.29, 1.82) is 0 Å². The molecule has 19 heavy (non-hydrogen) atoms. The monoisotopic (exact) mass is 371 g/mol. The lowest BCUT2D eigenvalue weighted by molar-refractivity contribution is 0.373. The van der Waals surface area contributed by atoms with Gasteiger partial charge >= 0.3 is 0 Å². The molecule has 0 unspecified atom stereocenters. The summed E-state index contributed by atoms with van der Waals surface area (Å²) in [6.07, 6.45) is 1.76. The minimum Gasteiger partial charge on any atom is -0.504 e. The number of aromatic hydroxyl groups is 1. The fraction of sp³-hybridized carbons (Fsp3) is 0.231. The largest absolute Gasteiger partial charge is 0.504 e. The third-order valence-electron chi connectivity index (χ3n) is 2.53. The zero-order chi connectivity index (χ0) is 13.8. The van der Waals surface area contributed by atoms with E-state index in [2.05, 4.69) is 37.9 Å². The van der Waals surface area contributed by atoms with Crippen molar-refractivity contribution in [3.8, 4) is 22.9 Å². The summed E-state index contributed by atoms with van der Waals surface area (Å²) in [6, 6.07) is 5.05. The van der Waals surface area contributed by atoms with Crippen LogP contribution in [0.5, 0.6) is 11.5 Å². The minimum absolute atomic E-state index is 0.101. The molecule has 0 aliphatic rings. The van der Waals surface area contributed by atoms with Crippen LogP contribution >= 0.6 is 22.6 Å². The van der Waals surface area contributed by atoms with E-state index >= 15 is 0 Å². The number of nitrogens with zero attached hydrogens (tertiary/aromatic N) is 2. The Balaban J connectivity index is 2.44. The molecular formula is C13H14IN3O2. The van der Waals surface area contributed by atoms with Gasteiger partial charge in [0.05, 0.1) is 10.7 Å². The van der Waals surface area contributed by atoms with Gasteiger partial charge in [0, 0.05) is 18.3 Å². The molecule has 0 fully saturated rings. The van der Waals surface area contributed by atoms with E-state index in [1.807, 2.05) is 6.92 Å². The van der Waals surface area contributed by atoms with E-state index in [4.69, 9.17) is 4.74 Å². The van der Waals surface area contributed by atoms with Crippen molar-refractivity contribution in [1.82, 2.24) is 9.97 Å². The maximum Gasteiger partial charge on any atom is 0.161 e. The van der Waals surface area contributed by atoms with Gasteiger partial charge in [0.2, 0.25) is 0 Å². The van der Waals surface area contributed by atoms with Crippen LogP contribution in [0.15, 0.2) is 24.4 Å². The highest BCUT2D eigenvalue weighted by Crippen LogP contribution is 2.30. The summed E-state index contributed by atoms with van der Waals surface area (Å²) in [5.41, 5.74) is 0.796. The maximum absolute atomic E-state index is 9.59. The highest BCUT2D eigenvalue weighted by atomic mass is 127. The predicted molar refractivity (Wildman–Crippen MR) is 82.6 cm³/mol. The van der Waals surface area contributed by atoms with E-state index in [0.717, 1.165) is 21.5 Å². The van der Waals surface area contributed by atoms with Crippen molar-refractivity contribution in [2.45, 2.75) is 6.92 Å². The molecule has 0 saturated carbocycles. The SMILES string of the molecule is CCNc1nc(-c2ccc(O)c(OC)c2)ncc1I. The first-order valence-corrected chi connectivity index (χ1v) is 6.87. The molecule has 2 rings (SSSR count). The van der Waals surface area contributed by atoms with Crippen LogP contribution < -0.4 is 10.1 Å². The summed E-state index contributed by atoms with van der Waals surface area (Å²) >= 11 is 2.19. The van der Waals surface area contributed by atoms with Crippen molar-refractivity contribution in [3.05, 3.63) is 28.0 Å². The van der Waals surface area contributed by atoms with Gasteiger partial charge in [-0.1, -0.05) is 0 Å². The number of anilines is 1. The summed E-state index contributed by atoms with van der Waals surface area (Å²) in [4.78, 5) is 8.77. The van der Waals surface area contributed by atoms with Gasteiger partial charge in [-0.3, -0.25) is 0 Å². The van der Waals surface area contributed by atoms with Gasteiger partial charge in [-0.05, 0) is 47.7 Å². The van der Waals surface area contributed by atoms with Gasteiger partial charge < -0.3 is 15.2 Å². The molecule has 2 aromatic rings. The molecule has 0 atom stereocenters. The fourth-order valence-electron chi connectivity index (χ4n) is 1.61. The summed E-state index contributed by atoms with van der Waals surface area (Å²) < 4.78 is 6.05. The second-order valence-corrected chi connectivity index (χ2v) is 4.97. The Morgan fingerprint density at radius 1 is 1.42 bits per heavy atom. The number of aromatic nitrogens is 2. The van der Waals surface area contributed by atoms with Crippen LogP contribution in [0.3, 0.4) is 0 Å².